The molecule has 0 saturated heterocycles. The van der Waals surface area contributed by atoms with Crippen LogP contribution in [0.5, 0.6) is 5.75 Å². The maximum Gasteiger partial charge on any atom is 0.238 e. The van der Waals surface area contributed by atoms with Crippen molar-refractivity contribution in [3.8, 4) is 5.75 Å². The van der Waals surface area contributed by atoms with Crippen molar-refractivity contribution in [3.05, 3.63) is 36.4 Å². The zero-order valence-electron chi connectivity index (χ0n) is 12.7. The second kappa shape index (κ2) is 7.10. The number of amides is 1. The number of rotatable bonds is 6. The number of anilines is 1. The number of ether oxygens (including phenoxy) is 1. The van der Waals surface area contributed by atoms with E-state index in [1.54, 1.807) is 0 Å². The van der Waals surface area contributed by atoms with Gasteiger partial charge in [0.05, 0.1) is 12.2 Å². The summed E-state index contributed by atoms with van der Waals surface area (Å²) >= 11 is 0. The molecule has 0 radical (unpaired) electrons. The largest absolute Gasteiger partial charge is 0.487 e. The Labute approximate surface area is 121 Å². The lowest BCUT2D eigenvalue weighted by Crippen LogP contribution is -2.41. The van der Waals surface area contributed by atoms with Crippen LogP contribution in [0.3, 0.4) is 0 Å². The van der Waals surface area contributed by atoms with Crippen LogP contribution in [0.2, 0.25) is 0 Å². The molecule has 0 atom stereocenters. The van der Waals surface area contributed by atoms with Crippen LogP contribution in [-0.4, -0.2) is 24.6 Å². The average Bonchev–Trinajstić information content (AvgIpc) is 2.34. The Kier molecular flexibility index (Phi) is 5.77. The lowest BCUT2D eigenvalue weighted by Gasteiger charge is -2.20. The molecule has 1 rings (SSSR count). The predicted molar refractivity (Wildman–Crippen MR) is 83.1 cm³/mol. The predicted octanol–water partition coefficient (Wildman–Crippen LogP) is 2.97. The molecule has 2 N–H and O–H groups in total. The van der Waals surface area contributed by atoms with E-state index in [4.69, 9.17) is 4.74 Å². The number of benzene rings is 1. The van der Waals surface area contributed by atoms with Gasteiger partial charge in [-0.25, -0.2) is 0 Å². The number of carbonyl (C=O) groups excluding carboxylic acids is 1. The van der Waals surface area contributed by atoms with Crippen molar-refractivity contribution in [2.45, 2.75) is 33.2 Å². The maximum atomic E-state index is 11.9. The fourth-order valence-electron chi connectivity index (χ4n) is 1.44. The molecule has 1 amide bonds. The molecule has 0 aliphatic carbocycles. The normalized spacial score (nSPS) is 11.0. The summed E-state index contributed by atoms with van der Waals surface area (Å²) < 4.78 is 5.61. The SMILES string of the molecule is C=C(C)COc1ccccc1NC(=O)CNC(C)(C)C. The van der Waals surface area contributed by atoms with Gasteiger partial charge in [-0.05, 0) is 45.4 Å². The Bertz CT molecular complexity index is 476. The number of carbonyl (C=O) groups is 1. The summed E-state index contributed by atoms with van der Waals surface area (Å²) in [5.41, 5.74) is 1.52. The van der Waals surface area contributed by atoms with Crippen LogP contribution < -0.4 is 15.4 Å². The maximum absolute atomic E-state index is 11.9. The second-order valence-corrected chi connectivity index (χ2v) is 5.89. The lowest BCUT2D eigenvalue weighted by molar-refractivity contribution is -0.115. The monoisotopic (exact) mass is 276 g/mol. The Morgan fingerprint density at radius 2 is 1.95 bits per heavy atom. The third-order valence-electron chi connectivity index (χ3n) is 2.41. The third-order valence-corrected chi connectivity index (χ3v) is 2.41. The molecule has 20 heavy (non-hydrogen) atoms. The standard InChI is InChI=1S/C16H24N2O2/c1-12(2)11-20-14-9-7-6-8-13(14)18-15(19)10-17-16(3,4)5/h6-9,17H,1,10-11H2,2-5H3,(H,18,19). The molecule has 0 aromatic heterocycles. The van der Waals surface area contributed by atoms with Gasteiger partial charge >= 0.3 is 0 Å². The van der Waals surface area contributed by atoms with Gasteiger partial charge in [0.2, 0.25) is 5.91 Å². The summed E-state index contributed by atoms with van der Waals surface area (Å²) in [6.45, 7) is 12.4. The summed E-state index contributed by atoms with van der Waals surface area (Å²) in [5.74, 6) is 0.561. The quantitative estimate of drug-likeness (QED) is 0.785. The second-order valence-electron chi connectivity index (χ2n) is 5.89. The molecule has 0 saturated carbocycles. The van der Waals surface area contributed by atoms with Crippen LogP contribution in [0.15, 0.2) is 36.4 Å². The molecule has 0 bridgehead atoms. The molecule has 0 spiro atoms. The van der Waals surface area contributed by atoms with Crippen molar-refractivity contribution in [1.29, 1.82) is 0 Å². The highest BCUT2D eigenvalue weighted by atomic mass is 16.5. The third kappa shape index (κ3) is 6.38. The number of hydrogen-bond acceptors (Lipinski definition) is 3. The molecule has 4 nitrogen and oxygen atoms in total. The van der Waals surface area contributed by atoms with Crippen LogP contribution in [0.1, 0.15) is 27.7 Å². The summed E-state index contributed by atoms with van der Waals surface area (Å²) in [7, 11) is 0. The van der Waals surface area contributed by atoms with E-state index < -0.39 is 0 Å². The Morgan fingerprint density at radius 1 is 1.30 bits per heavy atom. The van der Waals surface area contributed by atoms with E-state index in [0.717, 1.165) is 5.57 Å². The van der Waals surface area contributed by atoms with Gasteiger partial charge in [0, 0.05) is 5.54 Å². The van der Waals surface area contributed by atoms with Crippen molar-refractivity contribution < 1.29 is 9.53 Å². The van der Waals surface area contributed by atoms with Crippen LogP contribution >= 0.6 is 0 Å². The first-order valence-electron chi connectivity index (χ1n) is 6.69. The van der Waals surface area contributed by atoms with Gasteiger partial charge < -0.3 is 15.4 Å². The molecular weight excluding hydrogens is 252 g/mol. The van der Waals surface area contributed by atoms with Gasteiger partial charge in [-0.3, -0.25) is 4.79 Å². The minimum absolute atomic E-state index is 0.0900. The molecule has 1 aromatic rings. The van der Waals surface area contributed by atoms with Crippen molar-refractivity contribution in [2.75, 3.05) is 18.5 Å². The van der Waals surface area contributed by atoms with E-state index in [2.05, 4.69) is 17.2 Å². The fourth-order valence-corrected chi connectivity index (χ4v) is 1.44. The van der Waals surface area contributed by atoms with E-state index in [-0.39, 0.29) is 18.0 Å². The molecule has 0 aliphatic rings. The molecule has 0 aliphatic heterocycles. The van der Waals surface area contributed by atoms with Crippen LogP contribution in [0.25, 0.3) is 0 Å². The molecular formula is C16H24N2O2. The average molecular weight is 276 g/mol. The first-order chi connectivity index (χ1) is 9.28. The first kappa shape index (κ1) is 16.2. The highest BCUT2D eigenvalue weighted by Gasteiger charge is 2.12. The van der Waals surface area contributed by atoms with Crippen molar-refractivity contribution in [3.63, 3.8) is 0 Å². The smallest absolute Gasteiger partial charge is 0.238 e. The summed E-state index contributed by atoms with van der Waals surface area (Å²) in [4.78, 5) is 11.9. The molecule has 110 valence electrons. The number of nitrogens with one attached hydrogen (secondary N) is 2. The molecule has 0 heterocycles. The molecule has 0 fully saturated rings. The van der Waals surface area contributed by atoms with E-state index >= 15 is 0 Å². The Morgan fingerprint density at radius 3 is 2.55 bits per heavy atom. The van der Waals surface area contributed by atoms with E-state index in [0.29, 0.717) is 18.0 Å². The van der Waals surface area contributed by atoms with Crippen molar-refractivity contribution >= 4 is 11.6 Å². The minimum Gasteiger partial charge on any atom is -0.487 e. The zero-order chi connectivity index (χ0) is 15.2. The lowest BCUT2D eigenvalue weighted by atomic mass is 10.1. The topological polar surface area (TPSA) is 50.4 Å². The van der Waals surface area contributed by atoms with Gasteiger partial charge in [0.25, 0.3) is 0 Å². The fraction of sp³-hybridized carbons (Fsp3) is 0.438. The van der Waals surface area contributed by atoms with E-state index in [9.17, 15) is 4.79 Å². The van der Waals surface area contributed by atoms with Crippen LogP contribution in [0.4, 0.5) is 5.69 Å². The Hall–Kier alpha value is -1.81. The highest BCUT2D eigenvalue weighted by molar-refractivity contribution is 5.93. The van der Waals surface area contributed by atoms with E-state index in [1.165, 1.54) is 0 Å². The molecule has 4 heteroatoms. The van der Waals surface area contributed by atoms with E-state index in [1.807, 2.05) is 52.0 Å². The highest BCUT2D eigenvalue weighted by Crippen LogP contribution is 2.23. The van der Waals surface area contributed by atoms with Gasteiger partial charge in [0.1, 0.15) is 12.4 Å². The molecule has 1 aromatic carbocycles. The summed E-state index contributed by atoms with van der Waals surface area (Å²) in [6.07, 6.45) is 0. The van der Waals surface area contributed by atoms with Gasteiger partial charge in [0.15, 0.2) is 0 Å². The van der Waals surface area contributed by atoms with Gasteiger partial charge in [-0.1, -0.05) is 18.7 Å². The summed E-state index contributed by atoms with van der Waals surface area (Å²) in [6, 6.07) is 7.38. The summed E-state index contributed by atoms with van der Waals surface area (Å²) in [5, 5.41) is 6.00. The van der Waals surface area contributed by atoms with Crippen molar-refractivity contribution in [1.82, 2.24) is 5.32 Å². The minimum atomic E-state index is -0.0914. The zero-order valence-corrected chi connectivity index (χ0v) is 12.7. The van der Waals surface area contributed by atoms with Crippen molar-refractivity contribution in [2.24, 2.45) is 0 Å². The van der Waals surface area contributed by atoms with Crippen LogP contribution in [-0.2, 0) is 4.79 Å². The number of hydrogen-bond donors (Lipinski definition) is 2. The molecule has 0 unspecified atom stereocenters. The Balaban J connectivity index is 2.62. The first-order valence-corrected chi connectivity index (χ1v) is 6.69. The van der Waals surface area contributed by atoms with Gasteiger partial charge in [-0.2, -0.15) is 0 Å². The van der Waals surface area contributed by atoms with Crippen LogP contribution in [0, 0.1) is 0 Å². The number of para-hydroxylation sites is 2. The van der Waals surface area contributed by atoms with Gasteiger partial charge in [-0.15, -0.1) is 0 Å².